The third-order valence-corrected chi connectivity index (χ3v) is 7.04. The monoisotopic (exact) mass is 784 g/mol. The van der Waals surface area contributed by atoms with Gasteiger partial charge in [-0.05, 0) is 24.0 Å². The van der Waals surface area contributed by atoms with E-state index in [4.69, 9.17) is 0 Å². The molecule has 0 N–H and O–H groups in total. The molecule has 2 aliphatic carbocycles. The molecule has 4 aromatic rings. The molecule has 240 valence electrons. The van der Waals surface area contributed by atoms with Crippen LogP contribution in [0.4, 0.5) is 0 Å². The molecule has 0 aliphatic heterocycles. The molecule has 0 aromatic heterocycles. The number of benzene rings is 4. The third kappa shape index (κ3) is 16.1. The fourth-order valence-electron chi connectivity index (χ4n) is 4.90. The summed E-state index contributed by atoms with van der Waals surface area (Å²) in [5, 5.41) is 0. The average Bonchev–Trinajstić information content (AvgIpc) is 3.62. The van der Waals surface area contributed by atoms with Crippen molar-refractivity contribution in [3.8, 4) is 0 Å². The van der Waals surface area contributed by atoms with Crippen LogP contribution in [0.3, 0.4) is 0 Å². The second-order valence-electron chi connectivity index (χ2n) is 10.5. The molecule has 2 unspecified atom stereocenters. The summed E-state index contributed by atoms with van der Waals surface area (Å²) in [5.74, 6) is 0.926. The van der Waals surface area contributed by atoms with Crippen molar-refractivity contribution in [2.75, 3.05) is 0 Å². The molecule has 0 spiro atoms. The smallest absolute Gasteiger partial charge is 0.171 e. The molecule has 0 fully saturated rings. The van der Waals surface area contributed by atoms with Crippen LogP contribution in [0.15, 0.2) is 132 Å². The van der Waals surface area contributed by atoms with Crippen LogP contribution < -0.4 is 0 Å². The second-order valence-corrected chi connectivity index (χ2v) is 10.5. The van der Waals surface area contributed by atoms with E-state index in [2.05, 4.69) is 139 Å². The summed E-state index contributed by atoms with van der Waals surface area (Å²) in [4.78, 5) is 0. The van der Waals surface area contributed by atoms with Crippen molar-refractivity contribution in [3.63, 3.8) is 0 Å². The first-order chi connectivity index (χ1) is 21.4. The van der Waals surface area contributed by atoms with E-state index in [-0.39, 0.29) is 24.8 Å². The van der Waals surface area contributed by atoms with Gasteiger partial charge in [-0.1, -0.05) is 102 Å². The molecule has 0 saturated heterocycles. The van der Waals surface area contributed by atoms with Crippen molar-refractivity contribution in [1.29, 1.82) is 0 Å². The van der Waals surface area contributed by atoms with Gasteiger partial charge in [0, 0.05) is 0 Å². The topological polar surface area (TPSA) is 0 Å². The van der Waals surface area contributed by atoms with Crippen molar-refractivity contribution < 1.29 is 21.6 Å². The Bertz CT molecular complexity index is 1340. The molecule has 4 heteroatoms. The molecule has 2 radical (unpaired) electrons. The molecule has 46 heavy (non-hydrogen) atoms. The Morgan fingerprint density at radius 2 is 0.913 bits per heavy atom. The number of hydrogen-bond donors (Lipinski definition) is 0. The summed E-state index contributed by atoms with van der Waals surface area (Å²) >= 11 is 3.64. The zero-order valence-electron chi connectivity index (χ0n) is 27.9. The summed E-state index contributed by atoms with van der Waals surface area (Å²) in [6.07, 6.45) is 13.6. The van der Waals surface area contributed by atoms with E-state index >= 15 is 0 Å². The van der Waals surface area contributed by atoms with Crippen molar-refractivity contribution >= 4 is 48.1 Å². The first-order valence-corrected chi connectivity index (χ1v) is 22.7. The zero-order valence-corrected chi connectivity index (χ0v) is 34.1. The van der Waals surface area contributed by atoms with Crippen LogP contribution in [0.25, 0.3) is 11.1 Å². The Morgan fingerprint density at radius 3 is 1.13 bits per heavy atom. The summed E-state index contributed by atoms with van der Waals surface area (Å²) in [6.45, 7) is 13.0. The average molecular weight is 786 g/mol. The molecule has 0 saturated carbocycles. The van der Waals surface area contributed by atoms with Gasteiger partial charge in [-0.25, -0.2) is 11.1 Å². The molecule has 0 amide bonds. The van der Waals surface area contributed by atoms with Crippen LogP contribution in [-0.4, -0.2) is 12.1 Å². The van der Waals surface area contributed by atoms with Crippen LogP contribution >= 0.6 is 24.8 Å². The van der Waals surface area contributed by atoms with Gasteiger partial charge in [-0.2, -0.15) is 96.1 Å². The Labute approximate surface area is 312 Å². The van der Waals surface area contributed by atoms with Gasteiger partial charge < -0.3 is 0 Å². The molecular formula is C42H46Cl2GeZr-4. The molecule has 2 atom stereocenters. The maximum atomic E-state index is 3.43. The summed E-state index contributed by atoms with van der Waals surface area (Å²) < 4.78 is 0. The fraction of sp³-hybridized carbons (Fsp3) is 0.238. The zero-order chi connectivity index (χ0) is 32.2. The fourth-order valence-corrected chi connectivity index (χ4v) is 4.90. The standard InChI is InChI=1S/2C15H17.2C6H5.2ClH.Ge.Zr/c2*1-4-13-6-5-7-14(10-13)15-9-11(2)8-12(15)3;2*1-2-4-6-5-3-1;;;;/h2*5-7,9-11H,4H2,1-3H3;2*1-5H;2*1H;;/q4*-1;;;;. The van der Waals surface area contributed by atoms with E-state index in [9.17, 15) is 0 Å². The van der Waals surface area contributed by atoms with Crippen LogP contribution in [0, 0.1) is 36.1 Å². The van der Waals surface area contributed by atoms with Crippen LogP contribution in [0.1, 0.15) is 63.8 Å². The quantitative estimate of drug-likeness (QED) is 0.143. The minimum atomic E-state index is 0. The minimum Gasteiger partial charge on any atom is -0.184 e. The van der Waals surface area contributed by atoms with Gasteiger partial charge in [0.2, 0.25) is 0 Å². The molecule has 0 bridgehead atoms. The van der Waals surface area contributed by atoms with E-state index in [1.54, 1.807) is 21.6 Å². The van der Waals surface area contributed by atoms with Crippen LogP contribution in [0.2, 0.25) is 0 Å². The molecule has 6 rings (SSSR count). The molecule has 0 heterocycles. The Kier molecular flexibility index (Phi) is 24.7. The largest absolute Gasteiger partial charge is 0.184 e. The first-order valence-electron chi connectivity index (χ1n) is 15.3. The van der Waals surface area contributed by atoms with E-state index < -0.39 is 0 Å². The maximum absolute atomic E-state index is 3.43. The third-order valence-electron chi connectivity index (χ3n) is 7.04. The number of hydrogen-bond acceptors (Lipinski definition) is 0. The predicted molar refractivity (Wildman–Crippen MR) is 202 cm³/mol. The van der Waals surface area contributed by atoms with Gasteiger partial charge in [0.15, 0.2) is 0 Å². The normalized spacial score (nSPS) is 15.2. The van der Waals surface area contributed by atoms with E-state index in [1.807, 2.05) is 60.7 Å². The van der Waals surface area contributed by atoms with Crippen LogP contribution in [0.5, 0.6) is 0 Å². The Balaban J connectivity index is 0.000000610. The second kappa shape index (κ2) is 25.9. The number of aryl methyl sites for hydroxylation is 2. The van der Waals surface area contributed by atoms with Crippen molar-refractivity contribution in [2.24, 2.45) is 11.8 Å². The summed E-state index contributed by atoms with van der Waals surface area (Å²) in [6, 6.07) is 42.6. The Hall–Kier alpha value is -2.15. The van der Waals surface area contributed by atoms with Gasteiger partial charge in [0.25, 0.3) is 0 Å². The predicted octanol–water partition coefficient (Wildman–Crippen LogP) is 11.5. The molecular weight excluding hydrogens is 739 g/mol. The Morgan fingerprint density at radius 1 is 0.565 bits per heavy atom. The molecule has 2 aliphatic rings. The van der Waals surface area contributed by atoms with E-state index in [0.29, 0.717) is 11.8 Å². The molecule has 4 aromatic carbocycles. The van der Waals surface area contributed by atoms with E-state index in [1.165, 1.54) is 44.5 Å². The number of rotatable bonds is 4. The van der Waals surface area contributed by atoms with Crippen molar-refractivity contribution in [3.05, 3.63) is 179 Å². The minimum absolute atomic E-state index is 0. The summed E-state index contributed by atoms with van der Waals surface area (Å²) in [7, 11) is 0. The van der Waals surface area contributed by atoms with Gasteiger partial charge in [0.05, 0.1) is 0 Å². The molecule has 0 nitrogen and oxygen atoms in total. The van der Waals surface area contributed by atoms with Gasteiger partial charge in [-0.15, -0.1) is 35.9 Å². The van der Waals surface area contributed by atoms with Crippen molar-refractivity contribution in [1.82, 2.24) is 0 Å². The van der Waals surface area contributed by atoms with E-state index in [0.717, 1.165) is 12.8 Å². The number of halogens is 2. The first kappa shape index (κ1) is 43.8. The number of allylic oxidation sites excluding steroid dienone is 8. The van der Waals surface area contributed by atoms with Crippen LogP contribution in [-0.2, 0) is 34.4 Å². The van der Waals surface area contributed by atoms with Crippen molar-refractivity contribution in [2.45, 2.75) is 54.4 Å². The maximum Gasteiger partial charge on any atom is -0.171 e. The summed E-state index contributed by atoms with van der Waals surface area (Å²) in [5.41, 5.74) is 10.8. The van der Waals surface area contributed by atoms with Gasteiger partial charge in [-0.3, -0.25) is 12.2 Å². The van der Waals surface area contributed by atoms with Gasteiger partial charge >= 0.3 is 33.7 Å². The SMILES string of the molecule is CCc1cccc(C2=CC(C)[C-]=C2C)c1.CCc1cccc(C2=CC(C)[C-]=C2C)c1.Cl.Cl.[Ge]=[Zr].[c-]1ccccc1.[c-]1ccccc1. The van der Waals surface area contributed by atoms with Gasteiger partial charge in [0.1, 0.15) is 0 Å².